The van der Waals surface area contributed by atoms with Crippen LogP contribution in [-0.4, -0.2) is 43.9 Å². The van der Waals surface area contributed by atoms with Gasteiger partial charge in [0.1, 0.15) is 0 Å². The highest BCUT2D eigenvalue weighted by Crippen LogP contribution is 2.26. The van der Waals surface area contributed by atoms with Gasteiger partial charge in [-0.25, -0.2) is 13.4 Å². The molecule has 0 saturated carbocycles. The molecule has 0 N–H and O–H groups in total. The maximum absolute atomic E-state index is 12.8. The van der Waals surface area contributed by atoms with Gasteiger partial charge in [-0.3, -0.25) is 0 Å². The predicted molar refractivity (Wildman–Crippen MR) is 98.2 cm³/mol. The lowest BCUT2D eigenvalue weighted by Crippen LogP contribution is -2.48. The van der Waals surface area contributed by atoms with E-state index >= 15 is 0 Å². The number of sulfonamides is 1. The van der Waals surface area contributed by atoms with Crippen molar-refractivity contribution in [2.75, 3.05) is 31.1 Å². The summed E-state index contributed by atoms with van der Waals surface area (Å²) in [5.41, 5.74) is 1.15. The van der Waals surface area contributed by atoms with Gasteiger partial charge >= 0.3 is 0 Å². The van der Waals surface area contributed by atoms with Crippen molar-refractivity contribution in [3.8, 4) is 0 Å². The number of anilines is 1. The van der Waals surface area contributed by atoms with Crippen LogP contribution in [0.2, 0.25) is 0 Å². The number of piperazine rings is 1. The van der Waals surface area contributed by atoms with Gasteiger partial charge in [-0.2, -0.15) is 4.31 Å². The van der Waals surface area contributed by atoms with Crippen LogP contribution in [0.25, 0.3) is 0 Å². The Kier molecular flexibility index (Phi) is 4.68. The molecule has 1 saturated heterocycles. The second-order valence-electron chi connectivity index (χ2n) is 6.98. The summed E-state index contributed by atoms with van der Waals surface area (Å²) >= 11 is 1.59. The Bertz CT molecular complexity index is 770. The summed E-state index contributed by atoms with van der Waals surface area (Å²) in [6.45, 7) is 8.68. The van der Waals surface area contributed by atoms with Crippen LogP contribution in [0.15, 0.2) is 40.7 Å². The van der Waals surface area contributed by atoms with Crippen LogP contribution in [0.3, 0.4) is 0 Å². The maximum Gasteiger partial charge on any atom is 0.243 e. The summed E-state index contributed by atoms with van der Waals surface area (Å²) in [6.07, 6.45) is 1.78. The number of hydrogen-bond acceptors (Lipinski definition) is 5. The van der Waals surface area contributed by atoms with E-state index in [-0.39, 0.29) is 5.41 Å². The Morgan fingerprint density at radius 3 is 2.17 bits per heavy atom. The highest BCUT2D eigenvalue weighted by atomic mass is 32.2. The average Bonchev–Trinajstić information content (AvgIpc) is 3.09. The molecule has 5 nitrogen and oxygen atoms in total. The van der Waals surface area contributed by atoms with E-state index in [4.69, 9.17) is 0 Å². The van der Waals surface area contributed by atoms with Crippen molar-refractivity contribution < 1.29 is 8.42 Å². The van der Waals surface area contributed by atoms with Crippen molar-refractivity contribution in [3.05, 3.63) is 41.4 Å². The Morgan fingerprint density at radius 2 is 1.67 bits per heavy atom. The fourth-order valence-electron chi connectivity index (χ4n) is 2.77. The molecule has 3 rings (SSSR count). The zero-order valence-corrected chi connectivity index (χ0v) is 15.9. The third kappa shape index (κ3) is 3.48. The molecule has 7 heteroatoms. The monoisotopic (exact) mass is 365 g/mol. The van der Waals surface area contributed by atoms with Gasteiger partial charge in [-0.1, -0.05) is 32.9 Å². The number of benzene rings is 1. The Hall–Kier alpha value is -1.44. The average molecular weight is 366 g/mol. The summed E-state index contributed by atoms with van der Waals surface area (Å²) in [5.74, 6) is 0. The Labute approximate surface area is 148 Å². The topological polar surface area (TPSA) is 53.5 Å². The Balaban J connectivity index is 1.72. The van der Waals surface area contributed by atoms with Crippen LogP contribution >= 0.6 is 11.3 Å². The molecular formula is C17H23N3O2S2. The third-order valence-electron chi connectivity index (χ3n) is 4.29. The van der Waals surface area contributed by atoms with Gasteiger partial charge in [0, 0.05) is 37.8 Å². The van der Waals surface area contributed by atoms with Crippen molar-refractivity contribution in [1.29, 1.82) is 0 Å². The second kappa shape index (κ2) is 6.46. The highest BCUT2D eigenvalue weighted by Gasteiger charge is 2.29. The molecule has 0 unspecified atom stereocenters. The number of nitrogens with zero attached hydrogens (tertiary/aromatic N) is 3. The molecular weight excluding hydrogens is 342 g/mol. The van der Waals surface area contributed by atoms with E-state index in [1.165, 1.54) is 0 Å². The van der Waals surface area contributed by atoms with Gasteiger partial charge in [0.15, 0.2) is 5.13 Å². The molecule has 0 amide bonds. The van der Waals surface area contributed by atoms with Crippen LogP contribution in [0, 0.1) is 0 Å². The second-order valence-corrected chi connectivity index (χ2v) is 9.79. The molecule has 0 aliphatic carbocycles. The fourth-order valence-corrected chi connectivity index (χ4v) is 4.89. The molecule has 1 aliphatic heterocycles. The van der Waals surface area contributed by atoms with Gasteiger partial charge < -0.3 is 4.90 Å². The largest absolute Gasteiger partial charge is 0.345 e. The van der Waals surface area contributed by atoms with E-state index in [0.717, 1.165) is 10.7 Å². The third-order valence-corrected chi connectivity index (χ3v) is 7.03. The molecule has 1 fully saturated rings. The molecule has 2 heterocycles. The minimum Gasteiger partial charge on any atom is -0.345 e. The van der Waals surface area contributed by atoms with Crippen LogP contribution in [-0.2, 0) is 15.4 Å². The summed E-state index contributed by atoms with van der Waals surface area (Å²) < 4.78 is 27.2. The van der Waals surface area contributed by atoms with Crippen molar-refractivity contribution in [2.45, 2.75) is 31.1 Å². The number of rotatable bonds is 3. The fraction of sp³-hybridized carbons (Fsp3) is 0.471. The molecule has 24 heavy (non-hydrogen) atoms. The quantitative estimate of drug-likeness (QED) is 0.839. The summed E-state index contributed by atoms with van der Waals surface area (Å²) in [4.78, 5) is 6.81. The van der Waals surface area contributed by atoms with E-state index in [2.05, 4.69) is 30.7 Å². The molecule has 0 bridgehead atoms. The smallest absolute Gasteiger partial charge is 0.243 e. The van der Waals surface area contributed by atoms with Crippen molar-refractivity contribution in [1.82, 2.24) is 9.29 Å². The van der Waals surface area contributed by atoms with E-state index < -0.39 is 10.0 Å². The molecule has 0 atom stereocenters. The summed E-state index contributed by atoms with van der Waals surface area (Å²) in [7, 11) is -3.43. The standard InChI is InChI=1S/C17H23N3O2S2/c1-17(2,3)14-4-6-15(7-5-14)24(21,22)20-11-9-19(10-12-20)16-18-8-13-23-16/h4-8,13H,9-12H2,1-3H3. The first-order valence-electron chi connectivity index (χ1n) is 8.03. The first-order valence-corrected chi connectivity index (χ1v) is 10.4. The lowest BCUT2D eigenvalue weighted by molar-refractivity contribution is 0.384. The molecule has 0 spiro atoms. The van der Waals surface area contributed by atoms with Crippen LogP contribution in [0.1, 0.15) is 26.3 Å². The van der Waals surface area contributed by atoms with E-state index in [1.807, 2.05) is 17.5 Å². The van der Waals surface area contributed by atoms with Crippen LogP contribution in [0.4, 0.5) is 5.13 Å². The summed E-state index contributed by atoms with van der Waals surface area (Å²) in [6, 6.07) is 7.28. The maximum atomic E-state index is 12.8. The van der Waals surface area contributed by atoms with Gasteiger partial charge in [-0.05, 0) is 23.1 Å². The molecule has 2 aromatic rings. The molecule has 0 radical (unpaired) electrons. The normalized spacial score (nSPS) is 17.2. The number of thiazole rings is 1. The molecule has 1 aliphatic rings. The molecule has 130 valence electrons. The van der Waals surface area contributed by atoms with Crippen LogP contribution < -0.4 is 4.90 Å². The SMILES string of the molecule is CC(C)(C)c1ccc(S(=O)(=O)N2CCN(c3nccs3)CC2)cc1. The molecule has 1 aromatic carbocycles. The van der Waals surface area contributed by atoms with E-state index in [0.29, 0.717) is 31.1 Å². The van der Waals surface area contributed by atoms with Gasteiger partial charge in [0.2, 0.25) is 10.0 Å². The highest BCUT2D eigenvalue weighted by molar-refractivity contribution is 7.89. The van der Waals surface area contributed by atoms with Gasteiger partial charge in [-0.15, -0.1) is 11.3 Å². The lowest BCUT2D eigenvalue weighted by Gasteiger charge is -2.33. The van der Waals surface area contributed by atoms with E-state index in [9.17, 15) is 8.42 Å². The van der Waals surface area contributed by atoms with E-state index in [1.54, 1.807) is 34.0 Å². The lowest BCUT2D eigenvalue weighted by atomic mass is 9.87. The van der Waals surface area contributed by atoms with Crippen molar-refractivity contribution in [2.24, 2.45) is 0 Å². The zero-order valence-electron chi connectivity index (χ0n) is 14.3. The first kappa shape index (κ1) is 17.4. The minimum absolute atomic E-state index is 0.0155. The summed E-state index contributed by atoms with van der Waals surface area (Å²) in [5, 5.41) is 2.90. The van der Waals surface area contributed by atoms with Crippen LogP contribution in [0.5, 0.6) is 0 Å². The predicted octanol–water partition coefficient (Wildman–Crippen LogP) is 2.95. The van der Waals surface area contributed by atoms with Gasteiger partial charge in [0.25, 0.3) is 0 Å². The Morgan fingerprint density at radius 1 is 1.04 bits per heavy atom. The van der Waals surface area contributed by atoms with Crippen molar-refractivity contribution >= 4 is 26.5 Å². The minimum atomic E-state index is -3.43. The van der Waals surface area contributed by atoms with Crippen molar-refractivity contribution in [3.63, 3.8) is 0 Å². The first-order chi connectivity index (χ1) is 11.3. The number of hydrogen-bond donors (Lipinski definition) is 0. The molecule has 1 aromatic heterocycles. The zero-order chi connectivity index (χ0) is 17.4. The van der Waals surface area contributed by atoms with Gasteiger partial charge in [0.05, 0.1) is 4.90 Å². The number of aromatic nitrogens is 1.